The zero-order chi connectivity index (χ0) is 14.3. The molecule has 0 heterocycles. The maximum Gasteiger partial charge on any atom is 0.230 e. The molecular weight excluding hydrogens is 282 g/mol. The molecule has 0 bridgehead atoms. The van der Waals surface area contributed by atoms with Gasteiger partial charge in [0.1, 0.15) is 0 Å². The monoisotopic (exact) mass is 301 g/mol. The number of aliphatic hydroxyl groups excluding tert-OH is 1. The van der Waals surface area contributed by atoms with Gasteiger partial charge in [-0.3, -0.25) is 4.79 Å². The number of halogens is 1. The summed E-state index contributed by atoms with van der Waals surface area (Å²) in [5.41, 5.74) is 1.14. The number of hydrogen-bond acceptors (Lipinski definition) is 3. The standard InChI is InChI=1S/C14H20ClNO2S/c1-10(2)13(7-17)16-14(18)9-19-8-11-3-5-12(15)6-4-11/h3-6,10,13,17H,7-9H2,1-2H3,(H,16,18)/t13-/m1/s1. The molecule has 3 nitrogen and oxygen atoms in total. The van der Waals surface area contributed by atoms with Gasteiger partial charge < -0.3 is 10.4 Å². The van der Waals surface area contributed by atoms with Gasteiger partial charge >= 0.3 is 0 Å². The summed E-state index contributed by atoms with van der Waals surface area (Å²) >= 11 is 7.35. The molecule has 5 heteroatoms. The molecule has 0 aliphatic carbocycles. The van der Waals surface area contributed by atoms with Crippen molar-refractivity contribution in [3.63, 3.8) is 0 Å². The number of carbonyl (C=O) groups is 1. The lowest BCUT2D eigenvalue weighted by Gasteiger charge is -2.19. The Labute approximate surface area is 123 Å². The second-order valence-corrected chi connectivity index (χ2v) is 6.14. The Kier molecular flexibility index (Phi) is 7.28. The van der Waals surface area contributed by atoms with Gasteiger partial charge in [-0.2, -0.15) is 0 Å². The molecule has 0 saturated heterocycles. The maximum absolute atomic E-state index is 11.7. The summed E-state index contributed by atoms with van der Waals surface area (Å²) < 4.78 is 0. The van der Waals surface area contributed by atoms with Crippen LogP contribution in [-0.2, 0) is 10.5 Å². The number of rotatable bonds is 7. The van der Waals surface area contributed by atoms with Crippen LogP contribution in [0.2, 0.25) is 5.02 Å². The molecule has 1 aromatic carbocycles. The van der Waals surface area contributed by atoms with Gasteiger partial charge in [0.2, 0.25) is 5.91 Å². The van der Waals surface area contributed by atoms with Crippen LogP contribution in [0.5, 0.6) is 0 Å². The highest BCUT2D eigenvalue weighted by Gasteiger charge is 2.14. The number of hydrogen-bond donors (Lipinski definition) is 2. The third-order valence-corrected chi connectivity index (χ3v) is 4.02. The minimum atomic E-state index is -0.163. The van der Waals surface area contributed by atoms with E-state index in [1.165, 1.54) is 0 Å². The van der Waals surface area contributed by atoms with Crippen molar-refractivity contribution in [2.45, 2.75) is 25.6 Å². The van der Waals surface area contributed by atoms with E-state index in [-0.39, 0.29) is 24.5 Å². The van der Waals surface area contributed by atoms with E-state index in [0.717, 1.165) is 11.3 Å². The Hall–Kier alpha value is -0.710. The van der Waals surface area contributed by atoms with Crippen molar-refractivity contribution in [3.05, 3.63) is 34.9 Å². The summed E-state index contributed by atoms with van der Waals surface area (Å²) in [5.74, 6) is 1.36. The molecule has 0 radical (unpaired) electrons. The predicted molar refractivity (Wildman–Crippen MR) is 81.5 cm³/mol. The van der Waals surface area contributed by atoms with Crippen LogP contribution in [0.4, 0.5) is 0 Å². The predicted octanol–water partition coefficient (Wildman–Crippen LogP) is 2.71. The Morgan fingerprint density at radius 2 is 2.00 bits per heavy atom. The second kappa shape index (κ2) is 8.46. The van der Waals surface area contributed by atoms with E-state index in [9.17, 15) is 4.79 Å². The molecule has 0 aliphatic rings. The average molecular weight is 302 g/mol. The van der Waals surface area contributed by atoms with Gasteiger partial charge in [-0.15, -0.1) is 11.8 Å². The Balaban J connectivity index is 2.29. The minimum absolute atomic E-state index is 0.0226. The lowest BCUT2D eigenvalue weighted by molar-refractivity contribution is -0.119. The van der Waals surface area contributed by atoms with Crippen LogP contribution >= 0.6 is 23.4 Å². The first-order chi connectivity index (χ1) is 9.02. The first-order valence-electron chi connectivity index (χ1n) is 6.25. The maximum atomic E-state index is 11.7. The minimum Gasteiger partial charge on any atom is -0.394 e. The topological polar surface area (TPSA) is 49.3 Å². The van der Waals surface area contributed by atoms with Crippen LogP contribution in [-0.4, -0.2) is 29.4 Å². The Morgan fingerprint density at radius 3 is 2.53 bits per heavy atom. The number of amides is 1. The van der Waals surface area contributed by atoms with Crippen molar-refractivity contribution in [3.8, 4) is 0 Å². The van der Waals surface area contributed by atoms with Crippen LogP contribution in [0.25, 0.3) is 0 Å². The smallest absolute Gasteiger partial charge is 0.230 e. The fourth-order valence-electron chi connectivity index (χ4n) is 1.51. The van der Waals surface area contributed by atoms with Crippen molar-refractivity contribution in [1.82, 2.24) is 5.32 Å². The van der Waals surface area contributed by atoms with Crippen LogP contribution in [0.3, 0.4) is 0 Å². The van der Waals surface area contributed by atoms with Crippen molar-refractivity contribution in [1.29, 1.82) is 0 Å². The molecule has 19 heavy (non-hydrogen) atoms. The van der Waals surface area contributed by atoms with E-state index in [4.69, 9.17) is 16.7 Å². The third-order valence-electron chi connectivity index (χ3n) is 2.76. The first-order valence-corrected chi connectivity index (χ1v) is 7.78. The summed E-state index contributed by atoms with van der Waals surface area (Å²) in [6.45, 7) is 3.93. The molecule has 0 fully saturated rings. The summed E-state index contributed by atoms with van der Waals surface area (Å²) in [6, 6.07) is 7.44. The van der Waals surface area contributed by atoms with E-state index < -0.39 is 0 Å². The highest BCUT2D eigenvalue weighted by atomic mass is 35.5. The van der Waals surface area contributed by atoms with Gasteiger partial charge in [-0.1, -0.05) is 37.6 Å². The fraction of sp³-hybridized carbons (Fsp3) is 0.500. The van der Waals surface area contributed by atoms with Crippen molar-refractivity contribution < 1.29 is 9.90 Å². The average Bonchev–Trinajstić information content (AvgIpc) is 2.38. The van der Waals surface area contributed by atoms with Crippen molar-refractivity contribution in [2.75, 3.05) is 12.4 Å². The first kappa shape index (κ1) is 16.3. The highest BCUT2D eigenvalue weighted by Crippen LogP contribution is 2.15. The number of benzene rings is 1. The molecule has 1 aromatic rings. The molecule has 0 saturated carbocycles. The SMILES string of the molecule is CC(C)[C@@H](CO)NC(=O)CSCc1ccc(Cl)cc1. The van der Waals surface area contributed by atoms with E-state index in [0.29, 0.717) is 10.8 Å². The number of thioether (sulfide) groups is 1. The zero-order valence-corrected chi connectivity index (χ0v) is 12.8. The quantitative estimate of drug-likeness (QED) is 0.814. The van der Waals surface area contributed by atoms with Crippen LogP contribution in [0, 0.1) is 5.92 Å². The molecule has 0 aromatic heterocycles. The summed E-state index contributed by atoms with van der Waals surface area (Å²) in [4.78, 5) is 11.7. The number of carbonyl (C=O) groups excluding carboxylic acids is 1. The van der Waals surface area contributed by atoms with Crippen molar-refractivity contribution in [2.24, 2.45) is 5.92 Å². The Bertz CT molecular complexity index is 395. The van der Waals surface area contributed by atoms with E-state index in [2.05, 4.69) is 5.32 Å². The highest BCUT2D eigenvalue weighted by molar-refractivity contribution is 7.99. The second-order valence-electron chi connectivity index (χ2n) is 4.72. The third kappa shape index (κ3) is 6.32. The summed E-state index contributed by atoms with van der Waals surface area (Å²) in [5, 5.41) is 12.7. The molecule has 1 atom stereocenters. The molecule has 0 spiro atoms. The summed E-state index contributed by atoms with van der Waals surface area (Å²) in [6.07, 6.45) is 0. The Morgan fingerprint density at radius 1 is 1.37 bits per heavy atom. The molecule has 0 aliphatic heterocycles. The van der Waals surface area contributed by atoms with Gasteiger partial charge in [0, 0.05) is 10.8 Å². The molecule has 0 unspecified atom stereocenters. The van der Waals surface area contributed by atoms with E-state index >= 15 is 0 Å². The molecule has 1 amide bonds. The van der Waals surface area contributed by atoms with Crippen LogP contribution in [0.15, 0.2) is 24.3 Å². The zero-order valence-electron chi connectivity index (χ0n) is 11.2. The number of aliphatic hydroxyl groups is 1. The summed E-state index contributed by atoms with van der Waals surface area (Å²) in [7, 11) is 0. The van der Waals surface area contributed by atoms with Crippen LogP contribution in [0.1, 0.15) is 19.4 Å². The fourth-order valence-corrected chi connectivity index (χ4v) is 2.44. The molecular formula is C14H20ClNO2S. The largest absolute Gasteiger partial charge is 0.394 e. The van der Waals surface area contributed by atoms with Crippen molar-refractivity contribution >= 4 is 29.3 Å². The normalized spacial score (nSPS) is 12.5. The van der Waals surface area contributed by atoms with E-state index in [1.807, 2.05) is 38.1 Å². The lowest BCUT2D eigenvalue weighted by Crippen LogP contribution is -2.42. The molecule has 2 N–H and O–H groups in total. The van der Waals surface area contributed by atoms with Gasteiger partial charge in [-0.05, 0) is 23.6 Å². The molecule has 106 valence electrons. The number of nitrogens with one attached hydrogen (secondary N) is 1. The van der Waals surface area contributed by atoms with E-state index in [1.54, 1.807) is 11.8 Å². The van der Waals surface area contributed by atoms with Gasteiger partial charge in [0.05, 0.1) is 18.4 Å². The van der Waals surface area contributed by atoms with Crippen LogP contribution < -0.4 is 5.32 Å². The van der Waals surface area contributed by atoms with Gasteiger partial charge in [-0.25, -0.2) is 0 Å². The molecule has 1 rings (SSSR count). The van der Waals surface area contributed by atoms with Gasteiger partial charge in [0.15, 0.2) is 0 Å². The van der Waals surface area contributed by atoms with Gasteiger partial charge in [0.25, 0.3) is 0 Å². The lowest BCUT2D eigenvalue weighted by atomic mass is 10.1.